The van der Waals surface area contributed by atoms with Gasteiger partial charge >= 0.3 is 0 Å². The van der Waals surface area contributed by atoms with Gasteiger partial charge in [0.2, 0.25) is 0 Å². The lowest BCUT2D eigenvalue weighted by Crippen LogP contribution is -2.14. The van der Waals surface area contributed by atoms with E-state index < -0.39 is 0 Å². The van der Waals surface area contributed by atoms with Crippen molar-refractivity contribution in [2.45, 2.75) is 38.5 Å². The summed E-state index contributed by atoms with van der Waals surface area (Å²) in [7, 11) is 0. The van der Waals surface area contributed by atoms with Gasteiger partial charge < -0.3 is 0 Å². The minimum absolute atomic E-state index is 0.0602. The summed E-state index contributed by atoms with van der Waals surface area (Å²) in [4.78, 5) is 10.7. The topological polar surface area (TPSA) is 25.8 Å². The molecule has 2 aliphatic carbocycles. The molecule has 0 spiro atoms. The van der Waals surface area contributed by atoms with Crippen LogP contribution in [0.2, 0.25) is 0 Å². The first kappa shape index (κ1) is 30.7. The zero-order chi connectivity index (χ0) is 35.2. The smallest absolute Gasteiger partial charge is 0.161 e. The first-order chi connectivity index (χ1) is 25.3. The summed E-state index contributed by atoms with van der Waals surface area (Å²) in [5.74, 6) is 0.729. The van der Waals surface area contributed by atoms with Gasteiger partial charge in [-0.05, 0) is 84.6 Å². The van der Waals surface area contributed by atoms with Gasteiger partial charge in [0.15, 0.2) is 5.82 Å². The van der Waals surface area contributed by atoms with Crippen LogP contribution in [0.4, 0.5) is 0 Å². The summed E-state index contributed by atoms with van der Waals surface area (Å²) in [6.07, 6.45) is 0. The van der Waals surface area contributed by atoms with E-state index in [1.165, 1.54) is 61.0 Å². The van der Waals surface area contributed by atoms with Crippen LogP contribution in [-0.4, -0.2) is 9.97 Å². The monoisotopic (exact) mass is 666 g/mol. The van der Waals surface area contributed by atoms with Crippen LogP contribution in [0, 0.1) is 0 Å². The Bertz CT molecular complexity index is 2730. The number of aromatic nitrogens is 2. The summed E-state index contributed by atoms with van der Waals surface area (Å²) in [6, 6.07) is 57.3. The molecule has 52 heavy (non-hydrogen) atoms. The first-order valence-corrected chi connectivity index (χ1v) is 18.3. The molecule has 0 saturated heterocycles. The molecule has 0 fully saturated rings. The summed E-state index contributed by atoms with van der Waals surface area (Å²) < 4.78 is 0. The standard InChI is InChI=1S/C50H38N2/c1-49(2)42-23-13-11-20-40(42)47-38(21-14-24-43(47)49)35-27-28-39(34-18-9-8-17-33(34)35)48-51-45(31-15-6-5-7-16-31)30-46(52-48)32-25-26-37-36-19-10-12-22-41(36)50(3,4)44(37)29-32/h5-30H,1-4H3. The zero-order valence-electron chi connectivity index (χ0n) is 29.9. The van der Waals surface area contributed by atoms with Gasteiger partial charge in [0.25, 0.3) is 0 Å². The molecule has 1 heterocycles. The molecule has 248 valence electrons. The highest BCUT2D eigenvalue weighted by Gasteiger charge is 2.37. The van der Waals surface area contributed by atoms with Crippen LogP contribution in [0.5, 0.6) is 0 Å². The first-order valence-electron chi connectivity index (χ1n) is 18.3. The van der Waals surface area contributed by atoms with Crippen molar-refractivity contribution in [3.05, 3.63) is 180 Å². The van der Waals surface area contributed by atoms with Crippen molar-refractivity contribution in [2.24, 2.45) is 0 Å². The van der Waals surface area contributed by atoms with E-state index in [-0.39, 0.29) is 10.8 Å². The van der Waals surface area contributed by atoms with Crippen molar-refractivity contribution in [2.75, 3.05) is 0 Å². The fourth-order valence-electron chi connectivity index (χ4n) is 9.04. The van der Waals surface area contributed by atoms with Crippen molar-refractivity contribution in [3.8, 4) is 67.3 Å². The van der Waals surface area contributed by atoms with Crippen molar-refractivity contribution in [1.82, 2.24) is 9.97 Å². The summed E-state index contributed by atoms with van der Waals surface area (Å²) in [6.45, 7) is 9.35. The molecule has 0 radical (unpaired) electrons. The van der Waals surface area contributed by atoms with E-state index in [1.54, 1.807) is 0 Å². The molecule has 2 aliphatic rings. The maximum absolute atomic E-state index is 5.37. The molecule has 0 atom stereocenters. The van der Waals surface area contributed by atoms with E-state index in [4.69, 9.17) is 9.97 Å². The lowest BCUT2D eigenvalue weighted by atomic mass is 9.81. The van der Waals surface area contributed by atoms with E-state index >= 15 is 0 Å². The highest BCUT2D eigenvalue weighted by molar-refractivity contribution is 6.07. The number of hydrogen-bond donors (Lipinski definition) is 0. The number of rotatable bonds is 4. The minimum Gasteiger partial charge on any atom is -0.228 e. The second-order valence-electron chi connectivity index (χ2n) is 15.4. The Kier molecular flexibility index (Phi) is 6.60. The lowest BCUT2D eigenvalue weighted by molar-refractivity contribution is 0.660. The number of nitrogens with zero attached hydrogens (tertiary/aromatic N) is 2. The molecular weight excluding hydrogens is 629 g/mol. The molecule has 8 aromatic rings. The Labute approximate surface area is 305 Å². The summed E-state index contributed by atoms with van der Waals surface area (Å²) in [5.41, 5.74) is 18.1. The van der Waals surface area contributed by atoms with Gasteiger partial charge in [-0.2, -0.15) is 0 Å². The number of hydrogen-bond acceptors (Lipinski definition) is 2. The van der Waals surface area contributed by atoms with E-state index in [0.29, 0.717) is 0 Å². The van der Waals surface area contributed by atoms with E-state index in [2.05, 4.69) is 185 Å². The van der Waals surface area contributed by atoms with E-state index in [9.17, 15) is 0 Å². The van der Waals surface area contributed by atoms with Gasteiger partial charge in [-0.25, -0.2) is 9.97 Å². The molecule has 0 bridgehead atoms. The van der Waals surface area contributed by atoms with Gasteiger partial charge in [-0.15, -0.1) is 0 Å². The van der Waals surface area contributed by atoms with Crippen molar-refractivity contribution in [3.63, 3.8) is 0 Å². The van der Waals surface area contributed by atoms with Crippen LogP contribution in [0.25, 0.3) is 78.1 Å². The predicted molar refractivity (Wildman–Crippen MR) is 216 cm³/mol. The third-order valence-electron chi connectivity index (χ3n) is 11.7. The van der Waals surface area contributed by atoms with Crippen LogP contribution in [-0.2, 0) is 10.8 Å². The summed E-state index contributed by atoms with van der Waals surface area (Å²) >= 11 is 0. The number of fused-ring (bicyclic) bond motifs is 7. The largest absolute Gasteiger partial charge is 0.228 e. The van der Waals surface area contributed by atoms with Crippen molar-refractivity contribution >= 4 is 10.8 Å². The zero-order valence-corrected chi connectivity index (χ0v) is 29.9. The lowest BCUT2D eigenvalue weighted by Gasteiger charge is -2.22. The van der Waals surface area contributed by atoms with Crippen LogP contribution in [0.3, 0.4) is 0 Å². The normalized spacial score (nSPS) is 14.5. The van der Waals surface area contributed by atoms with Gasteiger partial charge in [0.1, 0.15) is 0 Å². The maximum Gasteiger partial charge on any atom is 0.161 e. The molecule has 1 aromatic heterocycles. The molecule has 0 N–H and O–H groups in total. The second kappa shape index (κ2) is 11.2. The van der Waals surface area contributed by atoms with Crippen molar-refractivity contribution < 1.29 is 0 Å². The second-order valence-corrected chi connectivity index (χ2v) is 15.4. The maximum atomic E-state index is 5.37. The van der Waals surface area contributed by atoms with Gasteiger partial charge in [0.05, 0.1) is 11.4 Å². The Morgan fingerprint density at radius 3 is 1.63 bits per heavy atom. The third-order valence-corrected chi connectivity index (χ3v) is 11.7. The molecule has 2 heteroatoms. The quantitative estimate of drug-likeness (QED) is 0.187. The SMILES string of the molecule is CC1(C)c2ccccc2-c2ccc(-c3cc(-c4ccccc4)nc(-c4ccc(-c5cccc6c5-c5ccccc5C6(C)C)c5ccccc45)n3)cc21. The predicted octanol–water partition coefficient (Wildman–Crippen LogP) is 12.9. The molecule has 0 saturated carbocycles. The van der Waals surface area contributed by atoms with Crippen molar-refractivity contribution in [1.29, 1.82) is 0 Å². The fraction of sp³-hybridized carbons (Fsp3) is 0.120. The Hall–Kier alpha value is -6.12. The van der Waals surface area contributed by atoms with E-state index in [1.807, 2.05) is 0 Å². The molecule has 0 unspecified atom stereocenters. The Morgan fingerprint density at radius 2 is 0.865 bits per heavy atom. The van der Waals surface area contributed by atoms with Crippen LogP contribution in [0.15, 0.2) is 158 Å². The van der Waals surface area contributed by atoms with Gasteiger partial charge in [-0.3, -0.25) is 0 Å². The van der Waals surface area contributed by atoms with Gasteiger partial charge in [0, 0.05) is 27.5 Å². The molecular formula is C50H38N2. The van der Waals surface area contributed by atoms with Crippen LogP contribution < -0.4 is 0 Å². The Balaban J connectivity index is 1.17. The molecule has 0 amide bonds. The number of benzene rings is 7. The fourth-order valence-corrected chi connectivity index (χ4v) is 9.04. The average molecular weight is 667 g/mol. The van der Waals surface area contributed by atoms with Crippen LogP contribution in [0.1, 0.15) is 49.9 Å². The third kappa shape index (κ3) is 4.43. The van der Waals surface area contributed by atoms with Crippen LogP contribution >= 0.6 is 0 Å². The van der Waals surface area contributed by atoms with E-state index in [0.717, 1.165) is 39.3 Å². The molecule has 7 aromatic carbocycles. The highest BCUT2D eigenvalue weighted by Crippen LogP contribution is 2.53. The summed E-state index contributed by atoms with van der Waals surface area (Å²) in [5, 5.41) is 2.34. The molecule has 0 aliphatic heterocycles. The Morgan fingerprint density at radius 1 is 0.346 bits per heavy atom. The van der Waals surface area contributed by atoms with Gasteiger partial charge in [-0.1, -0.05) is 167 Å². The molecule has 10 rings (SSSR count). The average Bonchev–Trinajstić information content (AvgIpc) is 3.57. The molecule has 2 nitrogen and oxygen atoms in total. The minimum atomic E-state index is -0.0978. The highest BCUT2D eigenvalue weighted by atomic mass is 14.9.